The number of hydrogen-bond donors (Lipinski definition) is 0. The van der Waals surface area contributed by atoms with Gasteiger partial charge in [0, 0.05) is 12.4 Å². The number of nitrogens with zero attached hydrogens (tertiary/aromatic N) is 2. The molecule has 0 saturated carbocycles. The summed E-state index contributed by atoms with van der Waals surface area (Å²) in [6.07, 6.45) is 3.74. The summed E-state index contributed by atoms with van der Waals surface area (Å²) >= 11 is 0. The molecule has 0 bridgehead atoms. The van der Waals surface area contributed by atoms with E-state index in [1.54, 1.807) is 6.20 Å². The highest BCUT2D eigenvalue weighted by Crippen LogP contribution is 2.05. The Morgan fingerprint density at radius 2 is 2.23 bits per heavy atom. The molecular formula is C11H11N2. The first kappa shape index (κ1) is 8.05. The smallest absolute Gasteiger partial charge is 0.0659 e. The van der Waals surface area contributed by atoms with Crippen molar-refractivity contribution in [2.75, 3.05) is 0 Å². The fourth-order valence-corrected chi connectivity index (χ4v) is 1.31. The van der Waals surface area contributed by atoms with Crippen LogP contribution in [0.4, 0.5) is 0 Å². The second kappa shape index (κ2) is 3.44. The topological polar surface area (TPSA) is 17.8 Å². The predicted octanol–water partition coefficient (Wildman–Crippen LogP) is 2.11. The number of rotatable bonds is 2. The lowest BCUT2D eigenvalue weighted by Gasteiger charge is -2.02. The maximum atomic E-state index is 4.14. The summed E-state index contributed by atoms with van der Waals surface area (Å²) in [5.74, 6) is 0. The third-order valence-electron chi connectivity index (χ3n) is 1.90. The van der Waals surface area contributed by atoms with Crippen LogP contribution >= 0.6 is 0 Å². The maximum Gasteiger partial charge on any atom is 0.0659 e. The van der Waals surface area contributed by atoms with Gasteiger partial charge in [0.05, 0.1) is 6.54 Å². The Morgan fingerprint density at radius 1 is 1.31 bits per heavy atom. The number of hydrogen-bond acceptors (Lipinski definition) is 1. The summed E-state index contributed by atoms with van der Waals surface area (Å²) in [5.41, 5.74) is 2.28. The second-order valence-corrected chi connectivity index (χ2v) is 3.02. The second-order valence-electron chi connectivity index (χ2n) is 3.02. The lowest BCUT2D eigenvalue weighted by atomic mass is 10.1. The molecule has 1 heterocycles. The molecule has 0 atom stereocenters. The van der Waals surface area contributed by atoms with Gasteiger partial charge in [0.25, 0.3) is 0 Å². The van der Waals surface area contributed by atoms with Gasteiger partial charge in [-0.05, 0) is 24.1 Å². The minimum absolute atomic E-state index is 0.816. The van der Waals surface area contributed by atoms with E-state index in [-0.39, 0.29) is 0 Å². The first-order valence-corrected chi connectivity index (χ1v) is 4.23. The number of aromatic nitrogens is 2. The molecule has 1 aromatic carbocycles. The molecule has 0 saturated heterocycles. The highest BCUT2D eigenvalue weighted by Gasteiger charge is 1.94. The SMILES string of the molecule is [CH2]c1cccc(Cn2cccn2)c1. The van der Waals surface area contributed by atoms with E-state index >= 15 is 0 Å². The third kappa shape index (κ3) is 1.96. The molecule has 0 aliphatic heterocycles. The molecule has 2 rings (SSSR count). The highest BCUT2D eigenvalue weighted by molar-refractivity contribution is 5.25. The van der Waals surface area contributed by atoms with Crippen LogP contribution in [0.25, 0.3) is 0 Å². The molecule has 0 aliphatic carbocycles. The van der Waals surface area contributed by atoms with E-state index < -0.39 is 0 Å². The van der Waals surface area contributed by atoms with Gasteiger partial charge in [-0.2, -0.15) is 5.10 Å². The third-order valence-corrected chi connectivity index (χ3v) is 1.90. The van der Waals surface area contributed by atoms with Crippen LogP contribution in [0.2, 0.25) is 0 Å². The van der Waals surface area contributed by atoms with E-state index in [0.717, 1.165) is 12.1 Å². The monoisotopic (exact) mass is 171 g/mol. The van der Waals surface area contributed by atoms with Crippen molar-refractivity contribution in [2.24, 2.45) is 0 Å². The Bertz CT molecular complexity index is 377. The molecule has 1 radical (unpaired) electrons. The fourth-order valence-electron chi connectivity index (χ4n) is 1.31. The van der Waals surface area contributed by atoms with Crippen LogP contribution in [0.15, 0.2) is 42.7 Å². The quantitative estimate of drug-likeness (QED) is 0.676. The standard InChI is InChI=1S/C11H11N2/c1-10-4-2-5-11(8-10)9-13-7-3-6-12-13/h2-8H,1,9H2. The van der Waals surface area contributed by atoms with E-state index in [2.05, 4.69) is 24.2 Å². The van der Waals surface area contributed by atoms with E-state index in [9.17, 15) is 0 Å². The van der Waals surface area contributed by atoms with E-state index in [1.807, 2.05) is 29.1 Å². The van der Waals surface area contributed by atoms with Gasteiger partial charge in [0.1, 0.15) is 0 Å². The molecular weight excluding hydrogens is 160 g/mol. The molecule has 2 heteroatoms. The Hall–Kier alpha value is -1.57. The van der Waals surface area contributed by atoms with Crippen molar-refractivity contribution in [2.45, 2.75) is 6.54 Å². The summed E-state index contributed by atoms with van der Waals surface area (Å²) in [6.45, 7) is 4.70. The molecule has 0 N–H and O–H groups in total. The Morgan fingerprint density at radius 3 is 2.92 bits per heavy atom. The Kier molecular flexibility index (Phi) is 2.13. The molecule has 0 spiro atoms. The van der Waals surface area contributed by atoms with Gasteiger partial charge in [-0.25, -0.2) is 0 Å². The Balaban J connectivity index is 2.19. The predicted molar refractivity (Wildman–Crippen MR) is 52.2 cm³/mol. The van der Waals surface area contributed by atoms with E-state index in [0.29, 0.717) is 0 Å². The lowest BCUT2D eigenvalue weighted by Crippen LogP contribution is -1.99. The van der Waals surface area contributed by atoms with Gasteiger partial charge in [-0.15, -0.1) is 0 Å². The largest absolute Gasteiger partial charge is 0.268 e. The molecule has 0 unspecified atom stereocenters. The zero-order valence-corrected chi connectivity index (χ0v) is 7.35. The van der Waals surface area contributed by atoms with Crippen molar-refractivity contribution >= 4 is 0 Å². The van der Waals surface area contributed by atoms with E-state index in [1.165, 1.54) is 5.56 Å². The van der Waals surface area contributed by atoms with Gasteiger partial charge >= 0.3 is 0 Å². The minimum Gasteiger partial charge on any atom is -0.268 e. The highest BCUT2D eigenvalue weighted by atomic mass is 15.3. The van der Waals surface area contributed by atoms with E-state index in [4.69, 9.17) is 0 Å². The normalized spacial score (nSPS) is 10.2. The van der Waals surface area contributed by atoms with Crippen molar-refractivity contribution in [1.29, 1.82) is 0 Å². The average molecular weight is 171 g/mol. The fraction of sp³-hybridized carbons (Fsp3) is 0.0909. The van der Waals surface area contributed by atoms with Crippen LogP contribution in [-0.2, 0) is 6.54 Å². The molecule has 0 amide bonds. The van der Waals surface area contributed by atoms with Crippen molar-refractivity contribution in [1.82, 2.24) is 9.78 Å². The van der Waals surface area contributed by atoms with Crippen LogP contribution in [0.3, 0.4) is 0 Å². The number of benzene rings is 1. The van der Waals surface area contributed by atoms with Crippen molar-refractivity contribution in [3.8, 4) is 0 Å². The van der Waals surface area contributed by atoms with Crippen LogP contribution in [0.1, 0.15) is 11.1 Å². The first-order valence-electron chi connectivity index (χ1n) is 4.23. The molecule has 0 aliphatic rings. The summed E-state index contributed by atoms with van der Waals surface area (Å²) in [7, 11) is 0. The van der Waals surface area contributed by atoms with Gasteiger partial charge in [-0.1, -0.05) is 24.3 Å². The zero-order valence-electron chi connectivity index (χ0n) is 7.35. The summed E-state index contributed by atoms with van der Waals surface area (Å²) < 4.78 is 1.90. The van der Waals surface area contributed by atoms with Gasteiger partial charge in [0.2, 0.25) is 0 Å². The lowest BCUT2D eigenvalue weighted by molar-refractivity contribution is 0.687. The van der Waals surface area contributed by atoms with Crippen molar-refractivity contribution < 1.29 is 0 Å². The van der Waals surface area contributed by atoms with Gasteiger partial charge < -0.3 is 0 Å². The zero-order chi connectivity index (χ0) is 9.10. The summed E-state index contributed by atoms with van der Waals surface area (Å²) in [5, 5.41) is 4.14. The van der Waals surface area contributed by atoms with Crippen LogP contribution in [0, 0.1) is 6.92 Å². The van der Waals surface area contributed by atoms with Gasteiger partial charge in [0.15, 0.2) is 0 Å². The molecule has 13 heavy (non-hydrogen) atoms. The average Bonchev–Trinajstić information content (AvgIpc) is 2.57. The van der Waals surface area contributed by atoms with Crippen LogP contribution in [-0.4, -0.2) is 9.78 Å². The molecule has 65 valence electrons. The molecule has 2 aromatic rings. The summed E-state index contributed by atoms with van der Waals surface area (Å²) in [6, 6.07) is 10.1. The van der Waals surface area contributed by atoms with Crippen molar-refractivity contribution in [3.05, 3.63) is 60.8 Å². The first-order chi connectivity index (χ1) is 6.34. The van der Waals surface area contributed by atoms with Crippen molar-refractivity contribution in [3.63, 3.8) is 0 Å². The van der Waals surface area contributed by atoms with Crippen LogP contribution in [0.5, 0.6) is 0 Å². The Labute approximate surface area is 77.8 Å². The summed E-state index contributed by atoms with van der Waals surface area (Å²) in [4.78, 5) is 0. The molecule has 2 nitrogen and oxygen atoms in total. The molecule has 0 fully saturated rings. The minimum atomic E-state index is 0.816. The maximum absolute atomic E-state index is 4.14. The van der Waals surface area contributed by atoms with Gasteiger partial charge in [-0.3, -0.25) is 4.68 Å². The molecule has 1 aromatic heterocycles. The van der Waals surface area contributed by atoms with Crippen LogP contribution < -0.4 is 0 Å².